The second kappa shape index (κ2) is 4.25. The van der Waals surface area contributed by atoms with Crippen LogP contribution in [0, 0.1) is 28.9 Å². The molecule has 0 saturated carbocycles. The number of aromatic nitrogens is 1. The summed E-state index contributed by atoms with van der Waals surface area (Å²) in [6.07, 6.45) is 4.32. The zero-order chi connectivity index (χ0) is 11.4. The Kier molecular flexibility index (Phi) is 2.63. The number of nitriles is 2. The van der Waals surface area contributed by atoms with Gasteiger partial charge in [0.25, 0.3) is 0 Å². The van der Waals surface area contributed by atoms with E-state index >= 15 is 0 Å². The van der Waals surface area contributed by atoms with Crippen LogP contribution in [0.1, 0.15) is 11.1 Å². The fourth-order valence-electron chi connectivity index (χ4n) is 1.44. The molecule has 0 N–H and O–H groups in total. The van der Waals surface area contributed by atoms with E-state index in [9.17, 15) is 0 Å². The third-order valence-electron chi connectivity index (χ3n) is 2.20. The van der Waals surface area contributed by atoms with Crippen LogP contribution in [-0.4, -0.2) is 4.98 Å². The van der Waals surface area contributed by atoms with Gasteiger partial charge in [-0.15, -0.1) is 0 Å². The molecular weight excluding hydrogens is 198 g/mol. The molecule has 1 heterocycles. The van der Waals surface area contributed by atoms with Crippen molar-refractivity contribution in [2.24, 2.45) is 0 Å². The summed E-state index contributed by atoms with van der Waals surface area (Å²) in [7, 11) is 0. The fraction of sp³-hybridized carbons (Fsp3) is 0. The largest absolute Gasteiger partial charge is 0.254 e. The smallest absolute Gasteiger partial charge is 0.0998 e. The van der Waals surface area contributed by atoms with Gasteiger partial charge in [-0.2, -0.15) is 10.5 Å². The molecule has 1 aromatic heterocycles. The fourth-order valence-corrected chi connectivity index (χ4v) is 1.44. The maximum absolute atomic E-state index is 9.01. The average Bonchev–Trinajstić information content (AvgIpc) is 2.39. The highest BCUT2D eigenvalue weighted by Crippen LogP contribution is 2.23. The van der Waals surface area contributed by atoms with Crippen LogP contribution in [0.4, 0.5) is 0 Å². The Morgan fingerprint density at radius 3 is 2.62 bits per heavy atom. The summed E-state index contributed by atoms with van der Waals surface area (Å²) in [5.74, 6) is 0. The second-order valence-electron chi connectivity index (χ2n) is 3.16. The lowest BCUT2D eigenvalue weighted by atomic mass is 10.00. The number of pyridine rings is 1. The predicted octanol–water partition coefficient (Wildman–Crippen LogP) is 2.29. The molecule has 0 aliphatic carbocycles. The van der Waals surface area contributed by atoms with Gasteiger partial charge in [-0.3, -0.25) is 4.98 Å². The molecule has 0 fully saturated rings. The molecule has 0 aliphatic heterocycles. The van der Waals surface area contributed by atoms with E-state index in [2.05, 4.69) is 17.3 Å². The first-order chi connectivity index (χ1) is 7.85. The first-order valence-electron chi connectivity index (χ1n) is 4.62. The van der Waals surface area contributed by atoms with Gasteiger partial charge in [0.05, 0.1) is 29.5 Å². The van der Waals surface area contributed by atoms with E-state index in [0.717, 1.165) is 11.1 Å². The van der Waals surface area contributed by atoms with Crippen LogP contribution in [0.3, 0.4) is 0 Å². The van der Waals surface area contributed by atoms with E-state index in [0.29, 0.717) is 11.1 Å². The van der Waals surface area contributed by atoms with Crippen LogP contribution in [-0.2, 0) is 0 Å². The summed E-state index contributed by atoms with van der Waals surface area (Å²) in [6, 6.07) is 12.6. The van der Waals surface area contributed by atoms with Crippen LogP contribution in [0.5, 0.6) is 0 Å². The van der Waals surface area contributed by atoms with Gasteiger partial charge in [0, 0.05) is 17.3 Å². The van der Waals surface area contributed by atoms with E-state index < -0.39 is 0 Å². The van der Waals surface area contributed by atoms with Gasteiger partial charge in [0.2, 0.25) is 0 Å². The SMILES string of the molecule is N#Cc1ccc(-c2cc[c]nc2)c(C#N)c1. The molecule has 0 aliphatic rings. The van der Waals surface area contributed by atoms with E-state index in [4.69, 9.17) is 10.5 Å². The minimum atomic E-state index is 0.479. The topological polar surface area (TPSA) is 60.5 Å². The van der Waals surface area contributed by atoms with Crippen LogP contribution >= 0.6 is 0 Å². The molecule has 16 heavy (non-hydrogen) atoms. The molecule has 3 nitrogen and oxygen atoms in total. The van der Waals surface area contributed by atoms with Gasteiger partial charge in [-0.05, 0) is 18.2 Å². The highest BCUT2D eigenvalue weighted by molar-refractivity contribution is 5.70. The molecule has 0 unspecified atom stereocenters. The number of hydrogen-bond donors (Lipinski definition) is 0. The lowest BCUT2D eigenvalue weighted by Gasteiger charge is -2.03. The van der Waals surface area contributed by atoms with Gasteiger partial charge in [0.15, 0.2) is 0 Å². The van der Waals surface area contributed by atoms with Gasteiger partial charge < -0.3 is 0 Å². The molecule has 0 atom stereocenters. The van der Waals surface area contributed by atoms with Crippen molar-refractivity contribution >= 4 is 0 Å². The monoisotopic (exact) mass is 204 g/mol. The molecule has 1 radical (unpaired) electrons. The summed E-state index contributed by atoms with van der Waals surface area (Å²) in [6.45, 7) is 0. The Labute approximate surface area is 93.2 Å². The van der Waals surface area contributed by atoms with E-state index in [1.807, 2.05) is 12.1 Å². The third kappa shape index (κ3) is 1.75. The van der Waals surface area contributed by atoms with Crippen LogP contribution < -0.4 is 0 Å². The molecule has 0 bridgehead atoms. The maximum Gasteiger partial charge on any atom is 0.0998 e. The molecule has 2 aromatic rings. The Bertz CT molecular complexity index is 589. The van der Waals surface area contributed by atoms with Gasteiger partial charge in [0.1, 0.15) is 0 Å². The van der Waals surface area contributed by atoms with Crippen molar-refractivity contribution in [2.75, 3.05) is 0 Å². The Morgan fingerprint density at radius 2 is 2.00 bits per heavy atom. The molecule has 2 rings (SSSR count). The molecule has 3 heteroatoms. The van der Waals surface area contributed by atoms with Crippen LogP contribution in [0.15, 0.2) is 36.5 Å². The van der Waals surface area contributed by atoms with Crippen molar-refractivity contribution in [2.45, 2.75) is 0 Å². The summed E-state index contributed by atoms with van der Waals surface area (Å²) < 4.78 is 0. The Hall–Kier alpha value is -2.65. The summed E-state index contributed by atoms with van der Waals surface area (Å²) in [4.78, 5) is 3.88. The van der Waals surface area contributed by atoms with Gasteiger partial charge >= 0.3 is 0 Å². The second-order valence-corrected chi connectivity index (χ2v) is 3.16. The summed E-state index contributed by atoms with van der Waals surface area (Å²) in [5.41, 5.74) is 2.59. The van der Waals surface area contributed by atoms with Gasteiger partial charge in [-0.1, -0.05) is 12.1 Å². The first kappa shape index (κ1) is 9.89. The third-order valence-corrected chi connectivity index (χ3v) is 2.20. The number of rotatable bonds is 1. The van der Waals surface area contributed by atoms with Crippen molar-refractivity contribution in [3.05, 3.63) is 53.9 Å². The minimum Gasteiger partial charge on any atom is -0.254 e. The highest BCUT2D eigenvalue weighted by atomic mass is 14.6. The van der Waals surface area contributed by atoms with Crippen molar-refractivity contribution < 1.29 is 0 Å². The standard InChI is InChI=1S/C13H6N3/c14-7-10-3-4-13(12(6-10)8-15)11-2-1-5-16-9-11/h1-4,6,9H. The summed E-state index contributed by atoms with van der Waals surface area (Å²) in [5, 5.41) is 17.8. The number of hydrogen-bond acceptors (Lipinski definition) is 3. The zero-order valence-corrected chi connectivity index (χ0v) is 8.31. The minimum absolute atomic E-state index is 0.479. The Morgan fingerprint density at radius 1 is 1.12 bits per heavy atom. The predicted molar refractivity (Wildman–Crippen MR) is 57.9 cm³/mol. The summed E-state index contributed by atoms with van der Waals surface area (Å²) >= 11 is 0. The molecule has 73 valence electrons. The van der Waals surface area contributed by atoms with Crippen molar-refractivity contribution in [3.63, 3.8) is 0 Å². The first-order valence-corrected chi connectivity index (χ1v) is 4.62. The highest BCUT2D eigenvalue weighted by Gasteiger charge is 2.05. The molecule has 0 amide bonds. The van der Waals surface area contributed by atoms with Crippen molar-refractivity contribution in [1.29, 1.82) is 10.5 Å². The average molecular weight is 204 g/mol. The quantitative estimate of drug-likeness (QED) is 0.716. The maximum atomic E-state index is 9.01. The molecule has 1 aromatic carbocycles. The van der Waals surface area contributed by atoms with E-state index in [1.165, 1.54) is 0 Å². The Balaban J connectivity index is 2.60. The molecule has 0 spiro atoms. The van der Waals surface area contributed by atoms with E-state index in [1.54, 1.807) is 30.5 Å². The van der Waals surface area contributed by atoms with Crippen molar-refractivity contribution in [3.8, 4) is 23.3 Å². The van der Waals surface area contributed by atoms with Crippen LogP contribution in [0.25, 0.3) is 11.1 Å². The number of benzene rings is 1. The lowest BCUT2D eigenvalue weighted by Crippen LogP contribution is -1.86. The molecular formula is C13H6N3. The van der Waals surface area contributed by atoms with Crippen molar-refractivity contribution in [1.82, 2.24) is 4.98 Å². The van der Waals surface area contributed by atoms with E-state index in [-0.39, 0.29) is 0 Å². The normalized spacial score (nSPS) is 9.12. The number of nitrogens with zero attached hydrogens (tertiary/aromatic N) is 3. The lowest BCUT2D eigenvalue weighted by molar-refractivity contribution is 1.31. The van der Waals surface area contributed by atoms with Crippen LogP contribution in [0.2, 0.25) is 0 Å². The molecule has 0 saturated heterocycles. The zero-order valence-electron chi connectivity index (χ0n) is 8.31. The van der Waals surface area contributed by atoms with Gasteiger partial charge in [-0.25, -0.2) is 0 Å².